The number of aromatic nitrogens is 1. The van der Waals surface area contributed by atoms with Crippen LogP contribution in [0.15, 0.2) is 11.0 Å². The van der Waals surface area contributed by atoms with Crippen LogP contribution in [0.3, 0.4) is 0 Å². The van der Waals surface area contributed by atoms with Crippen molar-refractivity contribution in [2.24, 2.45) is 5.73 Å². The molecule has 1 aromatic heterocycles. The number of nitrogens with zero attached hydrogens (tertiary/aromatic N) is 2. The van der Waals surface area contributed by atoms with Gasteiger partial charge in [-0.05, 0) is 6.07 Å². The lowest BCUT2D eigenvalue weighted by molar-refractivity contribution is 0.273. The molecular weight excluding hydrogens is 186 g/mol. The van der Waals surface area contributed by atoms with Gasteiger partial charge in [0.2, 0.25) is 0 Å². The van der Waals surface area contributed by atoms with Crippen LogP contribution in [-0.4, -0.2) is 10.1 Å². The monoisotopic (exact) mass is 195 g/mol. The second-order valence-corrected chi connectivity index (χ2v) is 2.92. The third kappa shape index (κ3) is 1.98. The zero-order chi connectivity index (χ0) is 9.84. The van der Waals surface area contributed by atoms with Crippen molar-refractivity contribution in [1.29, 1.82) is 5.26 Å². The van der Waals surface area contributed by atoms with E-state index >= 15 is 0 Å². The van der Waals surface area contributed by atoms with Crippen LogP contribution in [0.2, 0.25) is 0 Å². The molecule has 5 heteroatoms. The van der Waals surface area contributed by atoms with Crippen LogP contribution >= 0.6 is 12.6 Å². The average molecular weight is 195 g/mol. The third-order valence-electron chi connectivity index (χ3n) is 1.63. The lowest BCUT2D eigenvalue weighted by Gasteiger charge is -2.04. The maximum atomic E-state index is 8.85. The molecule has 68 valence electrons. The summed E-state index contributed by atoms with van der Waals surface area (Å²) in [5.74, 6) is 0. The van der Waals surface area contributed by atoms with Gasteiger partial charge in [0.1, 0.15) is 11.8 Å². The summed E-state index contributed by atoms with van der Waals surface area (Å²) >= 11 is 4.10. The van der Waals surface area contributed by atoms with E-state index in [-0.39, 0.29) is 18.8 Å². The molecule has 4 nitrogen and oxygen atoms in total. The lowest BCUT2D eigenvalue weighted by Crippen LogP contribution is -2.04. The highest BCUT2D eigenvalue weighted by molar-refractivity contribution is 7.80. The number of nitrogens with two attached hydrogens (primary N) is 1. The maximum Gasteiger partial charge on any atom is 0.145 e. The Morgan fingerprint density at radius 3 is 2.85 bits per heavy atom. The zero-order valence-corrected chi connectivity index (χ0v) is 7.75. The Labute approximate surface area is 81.4 Å². The van der Waals surface area contributed by atoms with Gasteiger partial charge in [-0.25, -0.2) is 4.98 Å². The first kappa shape index (κ1) is 9.99. The smallest absolute Gasteiger partial charge is 0.145 e. The van der Waals surface area contributed by atoms with Gasteiger partial charge in [0, 0.05) is 17.0 Å². The molecule has 0 aromatic carbocycles. The van der Waals surface area contributed by atoms with Gasteiger partial charge in [-0.1, -0.05) is 0 Å². The van der Waals surface area contributed by atoms with Gasteiger partial charge < -0.3 is 10.8 Å². The standard InChI is InChI=1S/C8H9N3OS/c9-2-5-1-8(13)7(4-12)11-6(5)3-10/h1,12-13H,2,4,9H2. The molecule has 3 N–H and O–H groups in total. The van der Waals surface area contributed by atoms with Crippen LogP contribution in [0.4, 0.5) is 0 Å². The minimum atomic E-state index is -0.224. The summed E-state index contributed by atoms with van der Waals surface area (Å²) in [7, 11) is 0. The van der Waals surface area contributed by atoms with Crippen molar-refractivity contribution in [1.82, 2.24) is 4.98 Å². The van der Waals surface area contributed by atoms with Crippen LogP contribution < -0.4 is 5.73 Å². The average Bonchev–Trinajstić information content (AvgIpc) is 2.17. The van der Waals surface area contributed by atoms with Crippen LogP contribution in [0.5, 0.6) is 0 Å². The van der Waals surface area contributed by atoms with Crippen molar-refractivity contribution in [3.8, 4) is 6.07 Å². The van der Waals surface area contributed by atoms with E-state index in [9.17, 15) is 0 Å². The summed E-state index contributed by atoms with van der Waals surface area (Å²) in [5, 5.41) is 17.5. The number of hydrogen-bond donors (Lipinski definition) is 3. The van der Waals surface area contributed by atoms with Crippen molar-refractivity contribution < 1.29 is 5.11 Å². The molecule has 0 aliphatic rings. The third-order valence-corrected chi connectivity index (χ3v) is 2.02. The van der Waals surface area contributed by atoms with Gasteiger partial charge >= 0.3 is 0 Å². The molecular formula is C8H9N3OS. The van der Waals surface area contributed by atoms with Gasteiger partial charge in [-0.2, -0.15) is 5.26 Å². The highest BCUT2D eigenvalue weighted by Gasteiger charge is 2.07. The van der Waals surface area contributed by atoms with E-state index in [0.717, 1.165) is 0 Å². The first-order valence-corrected chi connectivity index (χ1v) is 4.10. The summed E-state index contributed by atoms with van der Waals surface area (Å²) in [6.45, 7) is 0.0214. The normalized spacial score (nSPS) is 9.69. The molecule has 0 fully saturated rings. The van der Waals surface area contributed by atoms with E-state index in [4.69, 9.17) is 16.1 Å². The molecule has 0 aliphatic carbocycles. The fraction of sp³-hybridized carbons (Fsp3) is 0.250. The number of pyridine rings is 1. The van der Waals surface area contributed by atoms with Crippen molar-refractivity contribution in [3.05, 3.63) is 23.0 Å². The molecule has 1 aromatic rings. The first-order valence-electron chi connectivity index (χ1n) is 3.65. The lowest BCUT2D eigenvalue weighted by atomic mass is 10.2. The summed E-state index contributed by atoms with van der Waals surface area (Å²) in [5.41, 5.74) is 6.70. The van der Waals surface area contributed by atoms with Crippen molar-refractivity contribution in [3.63, 3.8) is 0 Å². The van der Waals surface area contributed by atoms with Crippen LogP contribution in [-0.2, 0) is 13.2 Å². The van der Waals surface area contributed by atoms with Gasteiger partial charge in [0.25, 0.3) is 0 Å². The fourth-order valence-electron chi connectivity index (χ4n) is 0.949. The molecule has 0 bridgehead atoms. The first-order chi connectivity index (χ1) is 6.22. The summed E-state index contributed by atoms with van der Waals surface area (Å²) in [6, 6.07) is 3.57. The predicted molar refractivity (Wildman–Crippen MR) is 50.0 cm³/mol. The maximum absolute atomic E-state index is 8.85. The molecule has 0 saturated heterocycles. The van der Waals surface area contributed by atoms with Gasteiger partial charge in [0.15, 0.2) is 0 Å². The predicted octanol–water partition coefficient (Wildman–Crippen LogP) is 0.193. The number of rotatable bonds is 2. The summed E-state index contributed by atoms with van der Waals surface area (Å²) < 4.78 is 0. The second kappa shape index (κ2) is 4.23. The van der Waals surface area contributed by atoms with Crippen molar-refractivity contribution in [2.75, 3.05) is 0 Å². The summed E-state index contributed by atoms with van der Waals surface area (Å²) in [6.07, 6.45) is 0. The van der Waals surface area contributed by atoms with E-state index in [1.807, 2.05) is 6.07 Å². The summed E-state index contributed by atoms with van der Waals surface area (Å²) in [4.78, 5) is 4.47. The molecule has 0 aliphatic heterocycles. The number of thiol groups is 1. The Morgan fingerprint density at radius 2 is 2.38 bits per heavy atom. The van der Waals surface area contributed by atoms with Crippen LogP contribution in [0, 0.1) is 11.3 Å². The Bertz CT molecular complexity index is 359. The molecule has 0 atom stereocenters. The molecule has 0 radical (unpaired) electrons. The van der Waals surface area contributed by atoms with Crippen LogP contribution in [0.1, 0.15) is 17.0 Å². The minimum absolute atomic E-state index is 0.224. The minimum Gasteiger partial charge on any atom is -0.390 e. The van der Waals surface area contributed by atoms with Gasteiger partial charge in [-0.3, -0.25) is 0 Å². The van der Waals surface area contributed by atoms with Crippen molar-refractivity contribution in [2.45, 2.75) is 18.0 Å². The molecule has 0 unspecified atom stereocenters. The Hall–Kier alpha value is -1.09. The number of aliphatic hydroxyl groups is 1. The van der Waals surface area contributed by atoms with E-state index in [1.165, 1.54) is 0 Å². The number of hydrogen-bond acceptors (Lipinski definition) is 5. The van der Waals surface area contributed by atoms with Gasteiger partial charge in [0.05, 0.1) is 12.3 Å². The van der Waals surface area contributed by atoms with E-state index in [2.05, 4.69) is 17.6 Å². The fourth-order valence-corrected chi connectivity index (χ4v) is 1.23. The molecule has 1 rings (SSSR count). The Balaban J connectivity index is 3.28. The van der Waals surface area contributed by atoms with Gasteiger partial charge in [-0.15, -0.1) is 12.6 Å². The largest absolute Gasteiger partial charge is 0.390 e. The number of aliphatic hydroxyl groups excluding tert-OH is 1. The molecule has 13 heavy (non-hydrogen) atoms. The van der Waals surface area contributed by atoms with E-state index < -0.39 is 0 Å². The number of nitriles is 1. The van der Waals surface area contributed by atoms with E-state index in [0.29, 0.717) is 16.2 Å². The second-order valence-electron chi connectivity index (χ2n) is 2.44. The van der Waals surface area contributed by atoms with Crippen LogP contribution in [0.25, 0.3) is 0 Å². The highest BCUT2D eigenvalue weighted by Crippen LogP contribution is 2.16. The quantitative estimate of drug-likeness (QED) is 0.588. The highest BCUT2D eigenvalue weighted by atomic mass is 32.1. The molecule has 0 spiro atoms. The Morgan fingerprint density at radius 1 is 1.69 bits per heavy atom. The Kier molecular flexibility index (Phi) is 3.25. The SMILES string of the molecule is N#Cc1nc(CO)c(S)cc1CN. The molecule has 1 heterocycles. The molecule has 0 saturated carbocycles. The van der Waals surface area contributed by atoms with E-state index in [1.54, 1.807) is 6.07 Å². The van der Waals surface area contributed by atoms with Crippen molar-refractivity contribution >= 4 is 12.6 Å². The topological polar surface area (TPSA) is 82.9 Å². The molecule has 0 amide bonds. The zero-order valence-electron chi connectivity index (χ0n) is 6.86.